The summed E-state index contributed by atoms with van der Waals surface area (Å²) < 4.78 is 0. The minimum atomic E-state index is 0.400. The van der Waals surface area contributed by atoms with Crippen molar-refractivity contribution in [3.63, 3.8) is 0 Å². The summed E-state index contributed by atoms with van der Waals surface area (Å²) in [6.45, 7) is 2.26. The van der Waals surface area contributed by atoms with Crippen molar-refractivity contribution in [2.24, 2.45) is 0 Å². The van der Waals surface area contributed by atoms with Crippen LogP contribution in [0.4, 0.5) is 0 Å². The van der Waals surface area contributed by atoms with Crippen molar-refractivity contribution in [1.82, 2.24) is 5.32 Å². The largest absolute Gasteiger partial charge is 0.303 e. The number of hydrogen-bond donors (Lipinski definition) is 1. The van der Waals surface area contributed by atoms with Crippen LogP contribution in [0.25, 0.3) is 0 Å². The van der Waals surface area contributed by atoms with Gasteiger partial charge in [0, 0.05) is 12.1 Å². The normalized spacial score (nSPS) is 19.7. The molecule has 0 bridgehead atoms. The molecule has 0 aliphatic heterocycles. The first-order chi connectivity index (χ1) is 9.34. The lowest BCUT2D eigenvalue weighted by molar-refractivity contribution is 0.415. The summed E-state index contributed by atoms with van der Waals surface area (Å²) in [6.07, 6.45) is 3.76. The average Bonchev–Trinajstić information content (AvgIpc) is 2.48. The molecule has 2 atom stereocenters. The van der Waals surface area contributed by atoms with E-state index in [-0.39, 0.29) is 0 Å². The van der Waals surface area contributed by atoms with Crippen LogP contribution in [0.5, 0.6) is 0 Å². The molecule has 0 radical (unpaired) electrons. The van der Waals surface area contributed by atoms with Crippen molar-refractivity contribution in [1.29, 1.82) is 0 Å². The molecular formula is C18H21N. The molecule has 0 saturated heterocycles. The Hall–Kier alpha value is -1.60. The standard InChI is InChI=1S/C18H21N/c1-14(15-8-3-2-4-9-15)19-18-13-7-11-16-10-5-6-12-17(16)18/h2-6,8-10,12,14,18-19H,7,11,13H2,1H3/t14-,18?/m0/s1. The van der Waals surface area contributed by atoms with E-state index in [9.17, 15) is 0 Å². The van der Waals surface area contributed by atoms with Crippen LogP contribution in [0.15, 0.2) is 54.6 Å². The van der Waals surface area contributed by atoms with Gasteiger partial charge >= 0.3 is 0 Å². The Balaban J connectivity index is 1.78. The van der Waals surface area contributed by atoms with Crippen LogP contribution in [-0.4, -0.2) is 0 Å². The Morgan fingerprint density at radius 1 is 1.00 bits per heavy atom. The van der Waals surface area contributed by atoms with Gasteiger partial charge in [-0.15, -0.1) is 0 Å². The molecule has 0 saturated carbocycles. The van der Waals surface area contributed by atoms with Gasteiger partial charge in [-0.2, -0.15) is 0 Å². The fourth-order valence-electron chi connectivity index (χ4n) is 3.07. The highest BCUT2D eigenvalue weighted by molar-refractivity contribution is 5.32. The molecular weight excluding hydrogens is 230 g/mol. The number of hydrogen-bond acceptors (Lipinski definition) is 1. The highest BCUT2D eigenvalue weighted by atomic mass is 14.9. The Kier molecular flexibility index (Phi) is 3.65. The third-order valence-electron chi connectivity index (χ3n) is 4.12. The van der Waals surface area contributed by atoms with Crippen LogP contribution >= 0.6 is 0 Å². The molecule has 2 aromatic carbocycles. The highest BCUT2D eigenvalue weighted by Gasteiger charge is 2.21. The lowest BCUT2D eigenvalue weighted by Gasteiger charge is -2.29. The van der Waals surface area contributed by atoms with Crippen molar-refractivity contribution in [2.45, 2.75) is 38.3 Å². The van der Waals surface area contributed by atoms with E-state index in [1.54, 1.807) is 0 Å². The van der Waals surface area contributed by atoms with Gasteiger partial charge < -0.3 is 5.32 Å². The molecule has 1 aliphatic rings. The summed E-state index contributed by atoms with van der Waals surface area (Å²) in [5.74, 6) is 0. The van der Waals surface area contributed by atoms with Crippen molar-refractivity contribution >= 4 is 0 Å². The predicted octanol–water partition coefficient (Wildman–Crippen LogP) is 4.41. The van der Waals surface area contributed by atoms with Crippen molar-refractivity contribution in [3.05, 3.63) is 71.3 Å². The van der Waals surface area contributed by atoms with Gasteiger partial charge in [0.1, 0.15) is 0 Å². The first-order valence-corrected chi connectivity index (χ1v) is 7.23. The second-order valence-corrected chi connectivity index (χ2v) is 5.44. The van der Waals surface area contributed by atoms with E-state index in [1.807, 2.05) is 0 Å². The van der Waals surface area contributed by atoms with Crippen LogP contribution < -0.4 is 5.32 Å². The molecule has 0 heterocycles. The zero-order valence-corrected chi connectivity index (χ0v) is 11.5. The van der Waals surface area contributed by atoms with E-state index in [0.29, 0.717) is 12.1 Å². The molecule has 0 aromatic heterocycles. The number of aryl methyl sites for hydroxylation is 1. The second kappa shape index (κ2) is 5.58. The third-order valence-corrected chi connectivity index (χ3v) is 4.12. The number of rotatable bonds is 3. The van der Waals surface area contributed by atoms with Crippen molar-refractivity contribution in [2.75, 3.05) is 0 Å². The van der Waals surface area contributed by atoms with E-state index in [1.165, 1.54) is 36.0 Å². The summed E-state index contributed by atoms with van der Waals surface area (Å²) in [4.78, 5) is 0. The molecule has 1 unspecified atom stereocenters. The number of benzene rings is 2. The second-order valence-electron chi connectivity index (χ2n) is 5.44. The molecule has 1 N–H and O–H groups in total. The smallest absolute Gasteiger partial charge is 0.0328 e. The Bertz CT molecular complexity index is 532. The quantitative estimate of drug-likeness (QED) is 0.851. The Labute approximate surface area is 115 Å². The molecule has 1 heteroatoms. The molecule has 0 spiro atoms. The first kappa shape index (κ1) is 12.4. The fraction of sp³-hybridized carbons (Fsp3) is 0.333. The zero-order valence-electron chi connectivity index (χ0n) is 11.5. The predicted molar refractivity (Wildman–Crippen MR) is 80.1 cm³/mol. The van der Waals surface area contributed by atoms with Crippen LogP contribution in [0, 0.1) is 0 Å². The van der Waals surface area contributed by atoms with E-state index >= 15 is 0 Å². The monoisotopic (exact) mass is 251 g/mol. The molecule has 98 valence electrons. The third kappa shape index (κ3) is 2.71. The van der Waals surface area contributed by atoms with Gasteiger partial charge in [0.25, 0.3) is 0 Å². The van der Waals surface area contributed by atoms with Gasteiger partial charge in [-0.25, -0.2) is 0 Å². The molecule has 1 aliphatic carbocycles. The molecule has 3 rings (SSSR count). The molecule has 2 aromatic rings. The Morgan fingerprint density at radius 3 is 2.58 bits per heavy atom. The summed E-state index contributed by atoms with van der Waals surface area (Å²) >= 11 is 0. The maximum absolute atomic E-state index is 3.79. The SMILES string of the molecule is C[C@H](NC1CCCc2ccccc21)c1ccccc1. The lowest BCUT2D eigenvalue weighted by Crippen LogP contribution is -2.27. The van der Waals surface area contributed by atoms with Gasteiger partial charge in [0.05, 0.1) is 0 Å². The minimum Gasteiger partial charge on any atom is -0.303 e. The van der Waals surface area contributed by atoms with E-state index < -0.39 is 0 Å². The topological polar surface area (TPSA) is 12.0 Å². The lowest BCUT2D eigenvalue weighted by atomic mass is 9.87. The van der Waals surface area contributed by atoms with E-state index in [4.69, 9.17) is 0 Å². The van der Waals surface area contributed by atoms with Gasteiger partial charge in [-0.05, 0) is 42.9 Å². The molecule has 1 nitrogen and oxygen atoms in total. The van der Waals surface area contributed by atoms with Gasteiger partial charge in [0.2, 0.25) is 0 Å². The van der Waals surface area contributed by atoms with Crippen LogP contribution in [0.1, 0.15) is 48.5 Å². The van der Waals surface area contributed by atoms with Crippen molar-refractivity contribution < 1.29 is 0 Å². The van der Waals surface area contributed by atoms with Crippen LogP contribution in [0.2, 0.25) is 0 Å². The summed E-state index contributed by atoms with van der Waals surface area (Å²) in [5.41, 5.74) is 4.38. The van der Waals surface area contributed by atoms with Gasteiger partial charge in [-0.3, -0.25) is 0 Å². The molecule has 0 amide bonds. The summed E-state index contributed by atoms with van der Waals surface area (Å²) in [7, 11) is 0. The van der Waals surface area contributed by atoms with E-state index in [2.05, 4.69) is 66.8 Å². The van der Waals surface area contributed by atoms with Crippen molar-refractivity contribution in [3.8, 4) is 0 Å². The van der Waals surface area contributed by atoms with Gasteiger partial charge in [-0.1, -0.05) is 54.6 Å². The maximum Gasteiger partial charge on any atom is 0.0328 e. The van der Waals surface area contributed by atoms with E-state index in [0.717, 1.165) is 0 Å². The fourth-order valence-corrected chi connectivity index (χ4v) is 3.07. The zero-order chi connectivity index (χ0) is 13.1. The molecule has 0 fully saturated rings. The number of fused-ring (bicyclic) bond motifs is 1. The maximum atomic E-state index is 3.79. The highest BCUT2D eigenvalue weighted by Crippen LogP contribution is 2.31. The Morgan fingerprint density at radius 2 is 1.74 bits per heavy atom. The first-order valence-electron chi connectivity index (χ1n) is 7.23. The van der Waals surface area contributed by atoms with Gasteiger partial charge in [0.15, 0.2) is 0 Å². The summed E-state index contributed by atoms with van der Waals surface area (Å²) in [6, 6.07) is 20.5. The summed E-state index contributed by atoms with van der Waals surface area (Å²) in [5, 5.41) is 3.79. The van der Waals surface area contributed by atoms with Crippen LogP contribution in [-0.2, 0) is 6.42 Å². The number of nitrogens with one attached hydrogen (secondary N) is 1. The average molecular weight is 251 g/mol. The minimum absolute atomic E-state index is 0.400. The molecule has 19 heavy (non-hydrogen) atoms. The van der Waals surface area contributed by atoms with Crippen LogP contribution in [0.3, 0.4) is 0 Å².